The first-order valence-electron chi connectivity index (χ1n) is 5.42. The minimum atomic E-state index is 0.452. The van der Waals surface area contributed by atoms with E-state index >= 15 is 0 Å². The Morgan fingerprint density at radius 2 is 2.06 bits per heavy atom. The minimum absolute atomic E-state index is 0.452. The van der Waals surface area contributed by atoms with Crippen molar-refractivity contribution in [2.45, 2.75) is 20.4 Å². The van der Waals surface area contributed by atoms with Gasteiger partial charge in [0, 0.05) is 17.0 Å². The lowest BCUT2D eigenvalue weighted by molar-refractivity contribution is 0.535. The maximum absolute atomic E-state index is 9.15. The van der Waals surface area contributed by atoms with Gasteiger partial charge < -0.3 is 4.57 Å². The van der Waals surface area contributed by atoms with Gasteiger partial charge in [-0.15, -0.1) is 0 Å². The van der Waals surface area contributed by atoms with Crippen molar-refractivity contribution in [1.82, 2.24) is 4.57 Å². The van der Waals surface area contributed by atoms with E-state index in [0.29, 0.717) is 21.7 Å². The molecule has 2 rings (SSSR count). The van der Waals surface area contributed by atoms with Gasteiger partial charge in [0.1, 0.15) is 11.2 Å². The van der Waals surface area contributed by atoms with Crippen LogP contribution in [0.2, 0.25) is 10.2 Å². The zero-order chi connectivity index (χ0) is 12.6. The molecule has 0 fully saturated rings. The Labute approximate surface area is 110 Å². The van der Waals surface area contributed by atoms with Crippen molar-refractivity contribution in [3.8, 4) is 6.07 Å². The lowest BCUT2D eigenvalue weighted by atomic mass is 10.2. The average molecular weight is 267 g/mol. The number of hydrogen-bond donors (Lipinski definition) is 0. The van der Waals surface area contributed by atoms with E-state index in [9.17, 15) is 0 Å². The van der Waals surface area contributed by atoms with Crippen molar-refractivity contribution in [2.75, 3.05) is 0 Å². The molecule has 0 atom stereocenters. The Kier molecular flexibility index (Phi) is 3.33. The van der Waals surface area contributed by atoms with Gasteiger partial charge in [-0.3, -0.25) is 0 Å². The molecule has 0 N–H and O–H groups in total. The van der Waals surface area contributed by atoms with Crippen molar-refractivity contribution >= 4 is 34.1 Å². The summed E-state index contributed by atoms with van der Waals surface area (Å²) in [5.41, 5.74) is 1.45. The highest BCUT2D eigenvalue weighted by Crippen LogP contribution is 2.31. The first-order chi connectivity index (χ1) is 8.04. The second-order valence-corrected chi connectivity index (χ2v) is 5.24. The molecule has 17 heavy (non-hydrogen) atoms. The predicted molar refractivity (Wildman–Crippen MR) is 71.5 cm³/mol. The van der Waals surface area contributed by atoms with E-state index in [1.807, 2.05) is 16.7 Å². The van der Waals surface area contributed by atoms with Crippen molar-refractivity contribution < 1.29 is 0 Å². The summed E-state index contributed by atoms with van der Waals surface area (Å²) in [5.74, 6) is 0.452. The highest BCUT2D eigenvalue weighted by molar-refractivity contribution is 6.33. The molecule has 0 aliphatic rings. The van der Waals surface area contributed by atoms with Gasteiger partial charge in [-0.2, -0.15) is 5.26 Å². The second-order valence-electron chi connectivity index (χ2n) is 4.44. The second kappa shape index (κ2) is 4.60. The molecule has 1 aromatic heterocycles. The van der Waals surface area contributed by atoms with Crippen LogP contribution in [0.1, 0.15) is 19.4 Å². The lowest BCUT2D eigenvalue weighted by Crippen LogP contribution is -2.04. The molecule has 0 saturated carbocycles. The average Bonchev–Trinajstić information content (AvgIpc) is 2.51. The number of nitrogens with zero attached hydrogens (tertiary/aromatic N) is 2. The van der Waals surface area contributed by atoms with Crippen LogP contribution in [-0.2, 0) is 6.54 Å². The summed E-state index contributed by atoms with van der Waals surface area (Å²) in [7, 11) is 0. The summed E-state index contributed by atoms with van der Waals surface area (Å²) in [6, 6.07) is 7.63. The maximum Gasteiger partial charge on any atom is 0.128 e. The van der Waals surface area contributed by atoms with Crippen LogP contribution in [-0.4, -0.2) is 4.57 Å². The molecule has 0 amide bonds. The van der Waals surface area contributed by atoms with E-state index in [0.717, 1.165) is 17.4 Å². The Bertz CT molecular complexity index is 606. The van der Waals surface area contributed by atoms with Crippen molar-refractivity contribution in [2.24, 2.45) is 5.92 Å². The van der Waals surface area contributed by atoms with E-state index in [-0.39, 0.29) is 0 Å². The highest BCUT2D eigenvalue weighted by atomic mass is 35.5. The van der Waals surface area contributed by atoms with E-state index in [4.69, 9.17) is 28.5 Å². The van der Waals surface area contributed by atoms with Gasteiger partial charge in [-0.25, -0.2) is 0 Å². The van der Waals surface area contributed by atoms with E-state index in [2.05, 4.69) is 19.9 Å². The SMILES string of the molecule is CC(C)Cn1c(Cl)c(C#N)c2ccc(Cl)cc21. The van der Waals surface area contributed by atoms with Crippen LogP contribution in [0.3, 0.4) is 0 Å². The van der Waals surface area contributed by atoms with Crippen LogP contribution in [0, 0.1) is 17.2 Å². The number of fused-ring (bicyclic) bond motifs is 1. The summed E-state index contributed by atoms with van der Waals surface area (Å²) in [6.45, 7) is 4.99. The Hall–Kier alpha value is -1.17. The number of halogens is 2. The number of nitriles is 1. The molecule has 0 spiro atoms. The van der Waals surface area contributed by atoms with Crippen molar-refractivity contribution in [1.29, 1.82) is 5.26 Å². The molecule has 2 aromatic rings. The third-order valence-corrected chi connectivity index (χ3v) is 3.25. The molecule has 0 saturated heterocycles. The minimum Gasteiger partial charge on any atom is -0.330 e. The Morgan fingerprint density at radius 3 is 2.65 bits per heavy atom. The molecule has 0 bridgehead atoms. The fraction of sp³-hybridized carbons (Fsp3) is 0.308. The normalized spacial score (nSPS) is 11.1. The number of aromatic nitrogens is 1. The number of hydrogen-bond acceptors (Lipinski definition) is 1. The fourth-order valence-corrected chi connectivity index (χ4v) is 2.41. The highest BCUT2D eigenvalue weighted by Gasteiger charge is 2.16. The molecule has 0 aliphatic carbocycles. The van der Waals surface area contributed by atoms with Gasteiger partial charge >= 0.3 is 0 Å². The van der Waals surface area contributed by atoms with Gasteiger partial charge in [-0.05, 0) is 24.1 Å². The smallest absolute Gasteiger partial charge is 0.128 e. The van der Waals surface area contributed by atoms with Crippen LogP contribution in [0.25, 0.3) is 10.9 Å². The number of rotatable bonds is 2. The van der Waals surface area contributed by atoms with Crippen LogP contribution < -0.4 is 0 Å². The summed E-state index contributed by atoms with van der Waals surface area (Å²) < 4.78 is 1.95. The Morgan fingerprint density at radius 1 is 1.35 bits per heavy atom. The van der Waals surface area contributed by atoms with Gasteiger partial charge in [0.15, 0.2) is 0 Å². The molecule has 1 aromatic carbocycles. The summed E-state index contributed by atoms with van der Waals surface area (Å²) >= 11 is 12.2. The molecular weight excluding hydrogens is 255 g/mol. The van der Waals surface area contributed by atoms with Gasteiger partial charge in [0.2, 0.25) is 0 Å². The lowest BCUT2D eigenvalue weighted by Gasteiger charge is -2.09. The van der Waals surface area contributed by atoms with Crippen LogP contribution in [0.4, 0.5) is 0 Å². The van der Waals surface area contributed by atoms with E-state index in [1.54, 1.807) is 6.07 Å². The summed E-state index contributed by atoms with van der Waals surface area (Å²) in [6.07, 6.45) is 0. The molecular formula is C13H12Cl2N2. The summed E-state index contributed by atoms with van der Waals surface area (Å²) in [4.78, 5) is 0. The van der Waals surface area contributed by atoms with Crippen LogP contribution >= 0.6 is 23.2 Å². The topological polar surface area (TPSA) is 28.7 Å². The molecule has 4 heteroatoms. The Balaban J connectivity index is 2.77. The predicted octanol–water partition coefficient (Wildman–Crippen LogP) is 4.48. The molecule has 0 radical (unpaired) electrons. The van der Waals surface area contributed by atoms with E-state index in [1.165, 1.54) is 0 Å². The van der Waals surface area contributed by atoms with Crippen LogP contribution in [0.5, 0.6) is 0 Å². The molecule has 88 valence electrons. The number of benzene rings is 1. The standard InChI is InChI=1S/C13H12Cl2N2/c1-8(2)7-17-12-5-9(14)3-4-10(12)11(6-16)13(17)15/h3-5,8H,7H2,1-2H3. The molecule has 0 aliphatic heterocycles. The summed E-state index contributed by atoms with van der Waals surface area (Å²) in [5, 5.41) is 11.2. The monoisotopic (exact) mass is 266 g/mol. The zero-order valence-corrected chi connectivity index (χ0v) is 11.2. The molecule has 0 unspecified atom stereocenters. The van der Waals surface area contributed by atoms with Gasteiger partial charge in [-0.1, -0.05) is 37.0 Å². The third-order valence-electron chi connectivity index (χ3n) is 2.62. The fourth-order valence-electron chi connectivity index (χ4n) is 1.94. The first kappa shape index (κ1) is 12.3. The first-order valence-corrected chi connectivity index (χ1v) is 6.17. The maximum atomic E-state index is 9.15. The largest absolute Gasteiger partial charge is 0.330 e. The van der Waals surface area contributed by atoms with Gasteiger partial charge in [0.25, 0.3) is 0 Å². The van der Waals surface area contributed by atoms with Crippen molar-refractivity contribution in [3.63, 3.8) is 0 Å². The van der Waals surface area contributed by atoms with Crippen molar-refractivity contribution in [3.05, 3.63) is 33.9 Å². The molecule has 1 heterocycles. The van der Waals surface area contributed by atoms with Crippen LogP contribution in [0.15, 0.2) is 18.2 Å². The molecule has 2 nitrogen and oxygen atoms in total. The quantitative estimate of drug-likeness (QED) is 0.788. The van der Waals surface area contributed by atoms with E-state index < -0.39 is 0 Å². The zero-order valence-electron chi connectivity index (χ0n) is 9.67. The van der Waals surface area contributed by atoms with Gasteiger partial charge in [0.05, 0.1) is 11.1 Å². The third kappa shape index (κ3) is 2.13.